The third kappa shape index (κ3) is 2.94. The number of hydrogen-bond acceptors (Lipinski definition) is 4. The third-order valence-electron chi connectivity index (χ3n) is 4.66. The van der Waals surface area contributed by atoms with Crippen LogP contribution in [0.5, 0.6) is 0 Å². The van der Waals surface area contributed by atoms with Crippen LogP contribution in [0.25, 0.3) is 0 Å². The summed E-state index contributed by atoms with van der Waals surface area (Å²) in [5.41, 5.74) is 6.49. The van der Waals surface area contributed by atoms with Crippen molar-refractivity contribution in [2.45, 2.75) is 24.9 Å². The number of piperidine rings is 1. The number of benzene rings is 1. The zero-order valence-electron chi connectivity index (χ0n) is 13.1. The summed E-state index contributed by atoms with van der Waals surface area (Å²) in [4.78, 5) is 28.6. The molecule has 2 heterocycles. The fraction of sp³-hybridized carbons (Fsp3) is 0.412. The molecule has 0 aromatic heterocycles. The van der Waals surface area contributed by atoms with Gasteiger partial charge in [0.15, 0.2) is 0 Å². The number of nitrogen functional groups attached to an aromatic ring is 1. The number of anilines is 1. The van der Waals surface area contributed by atoms with Crippen molar-refractivity contribution in [1.82, 2.24) is 15.1 Å². The summed E-state index contributed by atoms with van der Waals surface area (Å²) in [6.45, 7) is 6.41. The van der Waals surface area contributed by atoms with Gasteiger partial charge in [-0.05, 0) is 30.5 Å². The molecule has 0 bridgehead atoms. The molecule has 6 nitrogen and oxygen atoms in total. The van der Waals surface area contributed by atoms with Gasteiger partial charge in [-0.15, -0.1) is 6.58 Å². The fourth-order valence-electron chi connectivity index (χ4n) is 3.26. The minimum atomic E-state index is -0.734. The van der Waals surface area contributed by atoms with E-state index in [9.17, 15) is 9.59 Å². The number of amides is 3. The Balaban J connectivity index is 1.70. The first-order chi connectivity index (χ1) is 11.0. The molecule has 2 saturated heterocycles. The molecule has 0 radical (unpaired) electrons. The molecule has 122 valence electrons. The molecule has 0 aliphatic carbocycles. The molecule has 3 N–H and O–H groups in total. The lowest BCUT2D eigenvalue weighted by atomic mass is 9.87. The molecule has 1 aromatic rings. The number of imide groups is 1. The van der Waals surface area contributed by atoms with E-state index in [0.29, 0.717) is 18.5 Å². The Morgan fingerprint density at radius 2 is 1.87 bits per heavy atom. The minimum absolute atomic E-state index is 0.113. The van der Waals surface area contributed by atoms with Gasteiger partial charge in [0.2, 0.25) is 0 Å². The van der Waals surface area contributed by atoms with Crippen LogP contribution in [0.4, 0.5) is 10.5 Å². The maximum Gasteiger partial charge on any atom is 0.325 e. The topological polar surface area (TPSA) is 78.7 Å². The van der Waals surface area contributed by atoms with Crippen LogP contribution >= 0.6 is 0 Å². The Morgan fingerprint density at radius 3 is 2.48 bits per heavy atom. The smallest absolute Gasteiger partial charge is 0.325 e. The van der Waals surface area contributed by atoms with Gasteiger partial charge in [0.25, 0.3) is 5.91 Å². The molecule has 0 atom stereocenters. The number of urea groups is 1. The van der Waals surface area contributed by atoms with Crippen molar-refractivity contribution >= 4 is 17.6 Å². The lowest BCUT2D eigenvalue weighted by molar-refractivity contribution is -0.133. The van der Waals surface area contributed by atoms with Crippen LogP contribution in [-0.4, -0.2) is 46.9 Å². The Bertz CT molecular complexity index is 618. The number of rotatable bonds is 4. The Kier molecular flexibility index (Phi) is 4.09. The second-order valence-electron chi connectivity index (χ2n) is 6.23. The standard InChI is InChI=1S/C17H22N4O2/c1-2-9-20-10-7-17(8-11-20)15(22)21(16(23)19-17)12-13-3-5-14(18)6-4-13/h2-6H,1,7-12,18H2,(H,19,23). The minimum Gasteiger partial charge on any atom is -0.399 e. The van der Waals surface area contributed by atoms with E-state index in [-0.39, 0.29) is 18.5 Å². The largest absolute Gasteiger partial charge is 0.399 e. The molecule has 1 spiro atoms. The van der Waals surface area contributed by atoms with E-state index in [2.05, 4.69) is 16.8 Å². The second kappa shape index (κ2) is 6.04. The van der Waals surface area contributed by atoms with Crippen molar-refractivity contribution in [3.63, 3.8) is 0 Å². The van der Waals surface area contributed by atoms with Crippen LogP contribution < -0.4 is 11.1 Å². The van der Waals surface area contributed by atoms with Gasteiger partial charge < -0.3 is 11.1 Å². The molecule has 1 aromatic carbocycles. The van der Waals surface area contributed by atoms with Gasteiger partial charge in [-0.25, -0.2) is 4.79 Å². The van der Waals surface area contributed by atoms with Crippen LogP contribution in [-0.2, 0) is 11.3 Å². The van der Waals surface area contributed by atoms with Gasteiger partial charge in [-0.1, -0.05) is 18.2 Å². The number of carbonyl (C=O) groups excluding carboxylic acids is 2. The predicted octanol–water partition coefficient (Wildman–Crippen LogP) is 1.34. The van der Waals surface area contributed by atoms with Crippen molar-refractivity contribution in [2.24, 2.45) is 0 Å². The number of nitrogens with zero attached hydrogens (tertiary/aromatic N) is 2. The predicted molar refractivity (Wildman–Crippen MR) is 88.5 cm³/mol. The summed E-state index contributed by atoms with van der Waals surface area (Å²) in [5, 5.41) is 2.92. The highest BCUT2D eigenvalue weighted by Gasteiger charge is 2.52. The molecular weight excluding hydrogens is 292 g/mol. The lowest BCUT2D eigenvalue weighted by Crippen LogP contribution is -2.54. The quantitative estimate of drug-likeness (QED) is 0.499. The molecular formula is C17H22N4O2. The summed E-state index contributed by atoms with van der Waals surface area (Å²) < 4.78 is 0. The summed E-state index contributed by atoms with van der Waals surface area (Å²) in [7, 11) is 0. The van der Waals surface area contributed by atoms with Crippen molar-refractivity contribution in [2.75, 3.05) is 25.4 Å². The number of nitrogens with two attached hydrogens (primary N) is 1. The Labute approximate surface area is 135 Å². The van der Waals surface area contributed by atoms with E-state index in [1.165, 1.54) is 4.90 Å². The van der Waals surface area contributed by atoms with Gasteiger partial charge in [0.1, 0.15) is 5.54 Å². The fourth-order valence-corrected chi connectivity index (χ4v) is 3.26. The van der Waals surface area contributed by atoms with E-state index >= 15 is 0 Å². The monoisotopic (exact) mass is 314 g/mol. The zero-order chi connectivity index (χ0) is 16.4. The zero-order valence-corrected chi connectivity index (χ0v) is 13.1. The number of carbonyl (C=O) groups is 2. The summed E-state index contributed by atoms with van der Waals surface area (Å²) in [5.74, 6) is -0.113. The molecule has 0 saturated carbocycles. The highest BCUT2D eigenvalue weighted by molar-refractivity contribution is 6.07. The average Bonchev–Trinajstić information content (AvgIpc) is 2.76. The molecule has 6 heteroatoms. The molecule has 23 heavy (non-hydrogen) atoms. The first kappa shape index (κ1) is 15.6. The highest BCUT2D eigenvalue weighted by atomic mass is 16.2. The SMILES string of the molecule is C=CCN1CCC2(CC1)NC(=O)N(Cc1ccc(N)cc1)C2=O. The molecule has 3 rings (SSSR count). The second-order valence-corrected chi connectivity index (χ2v) is 6.23. The number of likely N-dealkylation sites (tertiary alicyclic amines) is 1. The van der Waals surface area contributed by atoms with E-state index in [1.807, 2.05) is 18.2 Å². The van der Waals surface area contributed by atoms with E-state index in [0.717, 1.165) is 25.2 Å². The Hall–Kier alpha value is -2.34. The van der Waals surface area contributed by atoms with Gasteiger partial charge in [0.05, 0.1) is 6.54 Å². The van der Waals surface area contributed by atoms with E-state index in [1.54, 1.807) is 12.1 Å². The molecule has 0 unspecified atom stereocenters. The van der Waals surface area contributed by atoms with Gasteiger partial charge in [0, 0.05) is 25.3 Å². The summed E-state index contributed by atoms with van der Waals surface area (Å²) >= 11 is 0. The van der Waals surface area contributed by atoms with E-state index < -0.39 is 5.54 Å². The molecule has 2 fully saturated rings. The van der Waals surface area contributed by atoms with Gasteiger partial charge in [-0.3, -0.25) is 14.6 Å². The molecule has 2 aliphatic heterocycles. The van der Waals surface area contributed by atoms with Gasteiger partial charge in [-0.2, -0.15) is 0 Å². The molecule has 3 amide bonds. The van der Waals surface area contributed by atoms with Crippen LogP contribution in [0, 0.1) is 0 Å². The molecule has 2 aliphatic rings. The van der Waals surface area contributed by atoms with E-state index in [4.69, 9.17) is 5.73 Å². The van der Waals surface area contributed by atoms with Crippen molar-refractivity contribution in [1.29, 1.82) is 0 Å². The Morgan fingerprint density at radius 1 is 1.22 bits per heavy atom. The third-order valence-corrected chi connectivity index (χ3v) is 4.66. The number of nitrogens with one attached hydrogen (secondary N) is 1. The summed E-state index contributed by atoms with van der Waals surface area (Å²) in [6, 6.07) is 6.93. The summed E-state index contributed by atoms with van der Waals surface area (Å²) in [6.07, 6.45) is 3.15. The first-order valence-corrected chi connectivity index (χ1v) is 7.86. The van der Waals surface area contributed by atoms with Crippen molar-refractivity contribution in [3.05, 3.63) is 42.5 Å². The normalized spacial score (nSPS) is 20.8. The van der Waals surface area contributed by atoms with Crippen LogP contribution in [0.15, 0.2) is 36.9 Å². The van der Waals surface area contributed by atoms with Crippen LogP contribution in [0.3, 0.4) is 0 Å². The number of hydrogen-bond donors (Lipinski definition) is 2. The van der Waals surface area contributed by atoms with Crippen LogP contribution in [0.1, 0.15) is 18.4 Å². The maximum absolute atomic E-state index is 12.8. The maximum atomic E-state index is 12.8. The van der Waals surface area contributed by atoms with Crippen molar-refractivity contribution < 1.29 is 9.59 Å². The lowest BCUT2D eigenvalue weighted by Gasteiger charge is -2.36. The highest BCUT2D eigenvalue weighted by Crippen LogP contribution is 2.30. The first-order valence-electron chi connectivity index (χ1n) is 7.86. The van der Waals surface area contributed by atoms with Gasteiger partial charge >= 0.3 is 6.03 Å². The van der Waals surface area contributed by atoms with Crippen molar-refractivity contribution in [3.8, 4) is 0 Å². The van der Waals surface area contributed by atoms with Crippen LogP contribution in [0.2, 0.25) is 0 Å². The average molecular weight is 314 g/mol.